The van der Waals surface area contributed by atoms with E-state index in [1.54, 1.807) is 29.2 Å². The molecule has 1 aliphatic rings. The van der Waals surface area contributed by atoms with Gasteiger partial charge in [-0.15, -0.1) is 0 Å². The Bertz CT molecular complexity index is 1150. The second-order valence-electron chi connectivity index (χ2n) is 7.29. The van der Waals surface area contributed by atoms with Crippen molar-refractivity contribution in [3.05, 3.63) is 64.3 Å². The number of Topliss-reactive ketones (excluding diaryl/α,β-unsaturated/α-hetero) is 1. The molecule has 2 heterocycles. The number of H-pyrrole nitrogens is 1. The van der Waals surface area contributed by atoms with Crippen LogP contribution in [0.25, 0.3) is 10.9 Å². The molecule has 0 aliphatic carbocycles. The van der Waals surface area contributed by atoms with Crippen LogP contribution in [0.4, 0.5) is 10.5 Å². The van der Waals surface area contributed by atoms with Crippen LogP contribution in [0.5, 0.6) is 0 Å². The summed E-state index contributed by atoms with van der Waals surface area (Å²) in [7, 11) is 0. The lowest BCUT2D eigenvalue weighted by Gasteiger charge is -2.27. The number of hydrogen-bond donors (Lipinski definition) is 3. The average Bonchev–Trinajstić information content (AvgIpc) is 3.09. The number of nitrogens with one attached hydrogen (secondary N) is 3. The van der Waals surface area contributed by atoms with E-state index >= 15 is 0 Å². The number of aromatic nitrogens is 1. The summed E-state index contributed by atoms with van der Waals surface area (Å²) in [5.74, 6) is -0.440. The van der Waals surface area contributed by atoms with Crippen molar-refractivity contribution in [2.24, 2.45) is 0 Å². The molecule has 3 amide bonds. The van der Waals surface area contributed by atoms with Crippen molar-refractivity contribution < 1.29 is 14.4 Å². The van der Waals surface area contributed by atoms with Crippen molar-refractivity contribution in [2.75, 3.05) is 18.4 Å². The molecule has 0 atom stereocenters. The van der Waals surface area contributed by atoms with E-state index in [-0.39, 0.29) is 24.3 Å². The molecular weight excluding hydrogens is 404 g/mol. The third-order valence-electron chi connectivity index (χ3n) is 5.18. The van der Waals surface area contributed by atoms with E-state index in [0.29, 0.717) is 35.8 Å². The van der Waals surface area contributed by atoms with Gasteiger partial charge in [0.05, 0.1) is 13.1 Å². The maximum atomic E-state index is 12.5. The van der Waals surface area contributed by atoms with Crippen LogP contribution in [-0.4, -0.2) is 40.7 Å². The van der Waals surface area contributed by atoms with E-state index in [9.17, 15) is 14.4 Å². The molecule has 8 heteroatoms. The molecule has 2 aromatic carbocycles. The topological polar surface area (TPSA) is 94.3 Å². The van der Waals surface area contributed by atoms with Crippen molar-refractivity contribution in [2.45, 2.75) is 19.9 Å². The number of aromatic amines is 1. The second kappa shape index (κ2) is 8.20. The normalized spacial score (nSPS) is 13.1. The number of fused-ring (bicyclic) bond motifs is 3. The molecule has 4 rings (SSSR count). The number of nitrogens with zero attached hydrogens (tertiary/aromatic N) is 1. The maximum absolute atomic E-state index is 12.5. The summed E-state index contributed by atoms with van der Waals surface area (Å²) in [6.45, 7) is 2.30. The van der Waals surface area contributed by atoms with Gasteiger partial charge in [0.1, 0.15) is 0 Å². The number of anilines is 1. The first kappa shape index (κ1) is 20.0. The van der Waals surface area contributed by atoms with Crippen LogP contribution in [0, 0.1) is 0 Å². The van der Waals surface area contributed by atoms with E-state index in [2.05, 4.69) is 15.6 Å². The van der Waals surface area contributed by atoms with Crippen molar-refractivity contribution in [3.63, 3.8) is 0 Å². The SMILES string of the molecule is CC(=O)c1cccc(NC(=O)CNC(=O)N2CCc3c([nH]c4ccc(Cl)cc34)C2)c1. The van der Waals surface area contributed by atoms with Gasteiger partial charge in [-0.3, -0.25) is 9.59 Å². The minimum absolute atomic E-state index is 0.0804. The summed E-state index contributed by atoms with van der Waals surface area (Å²) in [6.07, 6.45) is 0.715. The molecule has 0 unspecified atom stereocenters. The molecule has 0 saturated heterocycles. The summed E-state index contributed by atoms with van der Waals surface area (Å²) in [6, 6.07) is 12.1. The summed E-state index contributed by atoms with van der Waals surface area (Å²) < 4.78 is 0. The lowest BCUT2D eigenvalue weighted by Crippen LogP contribution is -2.45. The van der Waals surface area contributed by atoms with Gasteiger partial charge in [0.15, 0.2) is 5.78 Å². The first-order valence-corrected chi connectivity index (χ1v) is 10.0. The highest BCUT2D eigenvalue weighted by Crippen LogP contribution is 2.29. The molecule has 3 aromatic rings. The molecule has 0 radical (unpaired) electrons. The third kappa shape index (κ3) is 4.16. The highest BCUT2D eigenvalue weighted by molar-refractivity contribution is 6.31. The van der Waals surface area contributed by atoms with Crippen LogP contribution in [0.2, 0.25) is 5.02 Å². The van der Waals surface area contributed by atoms with E-state index < -0.39 is 0 Å². The van der Waals surface area contributed by atoms with Crippen molar-refractivity contribution in [3.8, 4) is 0 Å². The fraction of sp³-hybridized carbons (Fsp3) is 0.227. The van der Waals surface area contributed by atoms with E-state index in [1.165, 1.54) is 12.5 Å². The van der Waals surface area contributed by atoms with E-state index in [0.717, 1.165) is 16.6 Å². The molecule has 0 spiro atoms. The molecule has 3 N–H and O–H groups in total. The summed E-state index contributed by atoms with van der Waals surface area (Å²) in [4.78, 5) is 41.2. The van der Waals surface area contributed by atoms with E-state index in [1.807, 2.05) is 18.2 Å². The van der Waals surface area contributed by atoms with Crippen LogP contribution < -0.4 is 10.6 Å². The predicted molar refractivity (Wildman–Crippen MR) is 116 cm³/mol. The second-order valence-corrected chi connectivity index (χ2v) is 7.72. The number of halogens is 1. The number of amides is 3. The fourth-order valence-electron chi connectivity index (χ4n) is 3.68. The highest BCUT2D eigenvalue weighted by atomic mass is 35.5. The highest BCUT2D eigenvalue weighted by Gasteiger charge is 2.24. The average molecular weight is 425 g/mol. The lowest BCUT2D eigenvalue weighted by molar-refractivity contribution is -0.115. The zero-order valence-electron chi connectivity index (χ0n) is 16.4. The van der Waals surface area contributed by atoms with Crippen LogP contribution in [-0.2, 0) is 17.8 Å². The van der Waals surface area contributed by atoms with Gasteiger partial charge in [-0.05, 0) is 49.2 Å². The Kier molecular flexibility index (Phi) is 5.46. The number of ketones is 1. The smallest absolute Gasteiger partial charge is 0.318 e. The molecule has 154 valence electrons. The van der Waals surface area contributed by atoms with E-state index in [4.69, 9.17) is 11.6 Å². The number of benzene rings is 2. The molecule has 7 nitrogen and oxygen atoms in total. The fourth-order valence-corrected chi connectivity index (χ4v) is 3.85. The molecule has 1 aromatic heterocycles. The van der Waals surface area contributed by atoms with Gasteiger partial charge >= 0.3 is 6.03 Å². The Morgan fingerprint density at radius 2 is 2.00 bits per heavy atom. The Hall–Kier alpha value is -3.32. The van der Waals surface area contributed by atoms with Crippen LogP contribution in [0.1, 0.15) is 28.5 Å². The van der Waals surface area contributed by atoms with Gasteiger partial charge < -0.3 is 20.5 Å². The number of hydrogen-bond acceptors (Lipinski definition) is 3. The summed E-state index contributed by atoms with van der Waals surface area (Å²) in [5, 5.41) is 7.12. The molecule has 0 saturated carbocycles. The van der Waals surface area contributed by atoms with Crippen LogP contribution >= 0.6 is 11.6 Å². The number of rotatable bonds is 4. The van der Waals surface area contributed by atoms with Gasteiger partial charge in [-0.1, -0.05) is 23.7 Å². The minimum atomic E-state index is -0.359. The zero-order chi connectivity index (χ0) is 21.3. The van der Waals surface area contributed by atoms with Crippen molar-refractivity contribution >= 4 is 45.9 Å². The van der Waals surface area contributed by atoms with Crippen molar-refractivity contribution in [1.82, 2.24) is 15.2 Å². The first-order chi connectivity index (χ1) is 14.4. The number of urea groups is 1. The maximum Gasteiger partial charge on any atom is 0.318 e. The molecule has 1 aliphatic heterocycles. The summed E-state index contributed by atoms with van der Waals surface area (Å²) in [5.41, 5.74) is 4.19. The summed E-state index contributed by atoms with van der Waals surface area (Å²) >= 11 is 6.11. The Morgan fingerprint density at radius 1 is 1.17 bits per heavy atom. The molecule has 30 heavy (non-hydrogen) atoms. The van der Waals surface area contributed by atoms with Gasteiger partial charge in [-0.2, -0.15) is 0 Å². The van der Waals surface area contributed by atoms with Gasteiger partial charge in [0.25, 0.3) is 0 Å². The first-order valence-electron chi connectivity index (χ1n) is 9.63. The molecule has 0 fully saturated rings. The number of carbonyl (C=O) groups is 3. The van der Waals surface area contributed by atoms with Crippen LogP contribution in [0.15, 0.2) is 42.5 Å². The van der Waals surface area contributed by atoms with Crippen LogP contribution in [0.3, 0.4) is 0 Å². The van der Waals surface area contributed by atoms with Gasteiger partial charge in [0.2, 0.25) is 5.91 Å². The minimum Gasteiger partial charge on any atom is -0.357 e. The molecule has 0 bridgehead atoms. The monoisotopic (exact) mass is 424 g/mol. The quantitative estimate of drug-likeness (QED) is 0.557. The largest absolute Gasteiger partial charge is 0.357 e. The van der Waals surface area contributed by atoms with Crippen molar-refractivity contribution in [1.29, 1.82) is 0 Å². The Labute approximate surface area is 178 Å². The van der Waals surface area contributed by atoms with Gasteiger partial charge in [0, 0.05) is 39.4 Å². The lowest BCUT2D eigenvalue weighted by atomic mass is 10.0. The Balaban J connectivity index is 1.35. The number of carbonyl (C=O) groups excluding carboxylic acids is 3. The van der Waals surface area contributed by atoms with Gasteiger partial charge in [-0.25, -0.2) is 4.79 Å². The predicted octanol–water partition coefficient (Wildman–Crippen LogP) is 3.73. The zero-order valence-corrected chi connectivity index (χ0v) is 17.2. The third-order valence-corrected chi connectivity index (χ3v) is 5.41. The standard InChI is InChI=1S/C22H21ClN4O3/c1-13(28)14-3-2-4-16(9-14)25-21(29)11-24-22(30)27-8-7-17-18-10-15(23)5-6-19(18)26-20(17)12-27/h2-6,9-10,26H,7-8,11-12H2,1H3,(H,24,30)(H,25,29). The Morgan fingerprint density at radius 3 is 2.80 bits per heavy atom. The molecular formula is C22H21ClN4O3.